The first kappa shape index (κ1) is 12.2. The Bertz CT molecular complexity index is 705. The van der Waals surface area contributed by atoms with Gasteiger partial charge in [-0.1, -0.05) is 35.9 Å². The summed E-state index contributed by atoms with van der Waals surface area (Å²) in [6.07, 6.45) is 0.779. The van der Waals surface area contributed by atoms with Gasteiger partial charge < -0.3 is 0 Å². The molecule has 0 saturated carbocycles. The molecule has 98 valence electrons. The second kappa shape index (κ2) is 4.38. The van der Waals surface area contributed by atoms with Crippen LogP contribution in [-0.2, 0) is 16.4 Å². The summed E-state index contributed by atoms with van der Waals surface area (Å²) in [6.45, 7) is 2.47. The highest BCUT2D eigenvalue weighted by atomic mass is 32.2. The van der Waals surface area contributed by atoms with Crippen molar-refractivity contribution in [3.05, 3.63) is 59.7 Å². The number of fused-ring (bicyclic) bond motifs is 1. The lowest BCUT2D eigenvalue weighted by molar-refractivity contribution is 0.592. The summed E-state index contributed by atoms with van der Waals surface area (Å²) in [5.41, 5.74) is 2.96. The van der Waals surface area contributed by atoms with Gasteiger partial charge in [-0.05, 0) is 37.1 Å². The van der Waals surface area contributed by atoms with Crippen molar-refractivity contribution in [3.63, 3.8) is 0 Å². The van der Waals surface area contributed by atoms with E-state index >= 15 is 0 Å². The van der Waals surface area contributed by atoms with E-state index in [-0.39, 0.29) is 0 Å². The predicted octanol–water partition coefficient (Wildman–Crippen LogP) is 2.75. The molecular formula is C15H15NO2S. The first-order valence-electron chi connectivity index (χ1n) is 6.26. The molecule has 0 fully saturated rings. The Kier molecular flexibility index (Phi) is 2.82. The van der Waals surface area contributed by atoms with Gasteiger partial charge in [0.05, 0.1) is 10.6 Å². The van der Waals surface area contributed by atoms with Gasteiger partial charge in [0.25, 0.3) is 10.0 Å². The van der Waals surface area contributed by atoms with Gasteiger partial charge in [0.2, 0.25) is 0 Å². The number of para-hydroxylation sites is 1. The molecule has 0 N–H and O–H groups in total. The zero-order valence-corrected chi connectivity index (χ0v) is 11.5. The molecule has 0 spiro atoms. The molecule has 1 aliphatic heterocycles. The number of aryl methyl sites for hydroxylation is 1. The van der Waals surface area contributed by atoms with E-state index in [1.165, 1.54) is 4.31 Å². The summed E-state index contributed by atoms with van der Waals surface area (Å²) in [4.78, 5) is 0.356. The minimum atomic E-state index is -3.44. The van der Waals surface area contributed by atoms with E-state index in [9.17, 15) is 8.42 Å². The normalized spacial score (nSPS) is 14.5. The van der Waals surface area contributed by atoms with Gasteiger partial charge in [-0.15, -0.1) is 0 Å². The molecule has 1 aliphatic rings. The summed E-state index contributed by atoms with van der Waals surface area (Å²) in [5.74, 6) is 0. The van der Waals surface area contributed by atoms with Crippen LogP contribution in [0.1, 0.15) is 11.1 Å². The Balaban J connectivity index is 2.05. The Hall–Kier alpha value is -1.81. The highest BCUT2D eigenvalue weighted by Gasteiger charge is 2.30. The lowest BCUT2D eigenvalue weighted by atomic mass is 10.2. The van der Waals surface area contributed by atoms with Gasteiger partial charge in [0.1, 0.15) is 0 Å². The molecule has 0 amide bonds. The molecule has 0 aromatic heterocycles. The van der Waals surface area contributed by atoms with Crippen LogP contribution < -0.4 is 4.31 Å². The molecule has 0 saturated heterocycles. The topological polar surface area (TPSA) is 37.4 Å². The van der Waals surface area contributed by atoms with Gasteiger partial charge >= 0.3 is 0 Å². The molecular weight excluding hydrogens is 258 g/mol. The van der Waals surface area contributed by atoms with Crippen molar-refractivity contribution in [3.8, 4) is 0 Å². The molecule has 3 nitrogen and oxygen atoms in total. The van der Waals surface area contributed by atoms with E-state index in [4.69, 9.17) is 0 Å². The summed E-state index contributed by atoms with van der Waals surface area (Å²) >= 11 is 0. The number of nitrogens with zero attached hydrogens (tertiary/aromatic N) is 1. The first-order chi connectivity index (χ1) is 9.09. The fourth-order valence-electron chi connectivity index (χ4n) is 2.40. The summed E-state index contributed by atoms with van der Waals surface area (Å²) in [7, 11) is -3.44. The average molecular weight is 273 g/mol. The van der Waals surface area contributed by atoms with E-state index in [1.807, 2.05) is 43.3 Å². The van der Waals surface area contributed by atoms with Crippen molar-refractivity contribution in [2.75, 3.05) is 10.8 Å². The van der Waals surface area contributed by atoms with Gasteiger partial charge in [0, 0.05) is 6.54 Å². The van der Waals surface area contributed by atoms with Crippen LogP contribution >= 0.6 is 0 Å². The van der Waals surface area contributed by atoms with Crippen molar-refractivity contribution in [1.29, 1.82) is 0 Å². The van der Waals surface area contributed by atoms with Gasteiger partial charge in [-0.2, -0.15) is 0 Å². The number of hydrogen-bond acceptors (Lipinski definition) is 2. The van der Waals surface area contributed by atoms with Gasteiger partial charge in [-0.25, -0.2) is 8.42 Å². The molecule has 4 heteroatoms. The highest BCUT2D eigenvalue weighted by molar-refractivity contribution is 7.92. The van der Waals surface area contributed by atoms with Crippen molar-refractivity contribution < 1.29 is 8.42 Å². The van der Waals surface area contributed by atoms with Gasteiger partial charge in [-0.3, -0.25) is 4.31 Å². The third-order valence-electron chi connectivity index (χ3n) is 3.45. The Morgan fingerprint density at radius 2 is 1.68 bits per heavy atom. The molecule has 3 rings (SSSR count). The third-order valence-corrected chi connectivity index (χ3v) is 5.28. The van der Waals surface area contributed by atoms with Crippen molar-refractivity contribution in [1.82, 2.24) is 0 Å². The maximum absolute atomic E-state index is 12.6. The Morgan fingerprint density at radius 3 is 2.42 bits per heavy atom. The maximum atomic E-state index is 12.6. The second-order valence-corrected chi connectivity index (χ2v) is 6.63. The van der Waals surface area contributed by atoms with Crippen LogP contribution in [0.15, 0.2) is 53.4 Å². The van der Waals surface area contributed by atoms with Crippen LogP contribution in [-0.4, -0.2) is 15.0 Å². The molecule has 1 heterocycles. The van der Waals surface area contributed by atoms with E-state index in [0.717, 1.165) is 23.2 Å². The number of sulfonamides is 1. The number of rotatable bonds is 2. The zero-order chi connectivity index (χ0) is 13.5. The molecule has 19 heavy (non-hydrogen) atoms. The summed E-state index contributed by atoms with van der Waals surface area (Å²) in [6, 6.07) is 14.7. The second-order valence-electron chi connectivity index (χ2n) is 4.77. The zero-order valence-electron chi connectivity index (χ0n) is 10.7. The fourth-order valence-corrected chi connectivity index (χ4v) is 3.90. The van der Waals surface area contributed by atoms with Crippen LogP contribution in [0.4, 0.5) is 5.69 Å². The molecule has 0 atom stereocenters. The fraction of sp³-hybridized carbons (Fsp3) is 0.200. The average Bonchev–Trinajstić information content (AvgIpc) is 2.83. The molecule has 0 radical (unpaired) electrons. The minimum Gasteiger partial charge on any atom is -0.266 e. The highest BCUT2D eigenvalue weighted by Crippen LogP contribution is 2.32. The molecule has 0 bridgehead atoms. The van der Waals surface area contributed by atoms with Crippen LogP contribution in [0, 0.1) is 6.92 Å². The lowest BCUT2D eigenvalue weighted by Crippen LogP contribution is -2.29. The van der Waals surface area contributed by atoms with Crippen LogP contribution in [0.25, 0.3) is 0 Å². The quantitative estimate of drug-likeness (QED) is 0.843. The Morgan fingerprint density at radius 1 is 1.00 bits per heavy atom. The first-order valence-corrected chi connectivity index (χ1v) is 7.70. The largest absolute Gasteiger partial charge is 0.266 e. The number of anilines is 1. The van der Waals surface area contributed by atoms with E-state index < -0.39 is 10.0 Å². The SMILES string of the molecule is Cc1ccc(S(=O)(=O)N2CCc3ccccc32)cc1. The summed E-state index contributed by atoms with van der Waals surface area (Å²) in [5, 5.41) is 0. The molecule has 2 aromatic rings. The monoisotopic (exact) mass is 273 g/mol. The van der Waals surface area contributed by atoms with E-state index in [2.05, 4.69) is 0 Å². The van der Waals surface area contributed by atoms with Crippen molar-refractivity contribution in [2.24, 2.45) is 0 Å². The van der Waals surface area contributed by atoms with Crippen molar-refractivity contribution >= 4 is 15.7 Å². The predicted molar refractivity (Wildman–Crippen MR) is 75.9 cm³/mol. The molecule has 0 aliphatic carbocycles. The number of hydrogen-bond donors (Lipinski definition) is 0. The van der Waals surface area contributed by atoms with Crippen LogP contribution in [0.2, 0.25) is 0 Å². The van der Waals surface area contributed by atoms with Crippen LogP contribution in [0.5, 0.6) is 0 Å². The standard InChI is InChI=1S/C15H15NO2S/c1-12-6-8-14(9-7-12)19(17,18)16-11-10-13-4-2-3-5-15(13)16/h2-9H,10-11H2,1H3. The van der Waals surface area contributed by atoms with Crippen LogP contribution in [0.3, 0.4) is 0 Å². The molecule has 0 unspecified atom stereocenters. The lowest BCUT2D eigenvalue weighted by Gasteiger charge is -2.19. The van der Waals surface area contributed by atoms with E-state index in [1.54, 1.807) is 12.1 Å². The minimum absolute atomic E-state index is 0.356. The Labute approximate surface area is 113 Å². The molecule has 2 aromatic carbocycles. The van der Waals surface area contributed by atoms with Crippen molar-refractivity contribution in [2.45, 2.75) is 18.2 Å². The maximum Gasteiger partial charge on any atom is 0.264 e. The smallest absolute Gasteiger partial charge is 0.264 e. The van der Waals surface area contributed by atoms with E-state index in [0.29, 0.717) is 11.4 Å². The summed E-state index contributed by atoms with van der Waals surface area (Å²) < 4.78 is 26.8. The third kappa shape index (κ3) is 2.02. The number of benzene rings is 2. The van der Waals surface area contributed by atoms with Gasteiger partial charge in [0.15, 0.2) is 0 Å².